The van der Waals surface area contributed by atoms with Gasteiger partial charge in [0.05, 0.1) is 6.61 Å². The fraction of sp³-hybridized carbons (Fsp3) is 0.400. The van der Waals surface area contributed by atoms with Crippen LogP contribution < -0.4 is 10.1 Å². The van der Waals surface area contributed by atoms with E-state index in [0.29, 0.717) is 19.6 Å². The van der Waals surface area contributed by atoms with Gasteiger partial charge in [-0.05, 0) is 29.7 Å². The lowest BCUT2D eigenvalue weighted by Gasteiger charge is -2.36. The first-order valence-electron chi connectivity index (χ1n) is 11.1. The molecule has 2 aromatic carbocycles. The summed E-state index contributed by atoms with van der Waals surface area (Å²) in [6, 6.07) is 13.4. The minimum absolute atomic E-state index is 0.214. The van der Waals surface area contributed by atoms with Crippen LogP contribution in [0.1, 0.15) is 16.7 Å². The first-order chi connectivity index (χ1) is 15.7. The van der Waals surface area contributed by atoms with E-state index in [2.05, 4.69) is 56.5 Å². The van der Waals surface area contributed by atoms with Crippen LogP contribution in [0.15, 0.2) is 53.5 Å². The molecule has 0 atom stereocenters. The van der Waals surface area contributed by atoms with E-state index >= 15 is 0 Å². The first-order valence-corrected chi connectivity index (χ1v) is 11.1. The molecule has 0 saturated carbocycles. The maximum absolute atomic E-state index is 13.9. The minimum Gasteiger partial charge on any atom is -0.467 e. The molecule has 0 amide bonds. The SMILES string of the molecule is CN=C(NCCc1cc(F)cc2c1OCOC2)N1CCN(C/C=C/c2ccccc2)CC1. The standard InChI is InChI=1S/C25H31FN4O2/c1-27-25(28-10-9-21-16-23(26)17-22-18-31-19-32-24(21)22)30-14-12-29(13-15-30)11-5-8-20-6-3-2-4-7-20/h2-8,16-17H,9-15,18-19H2,1H3,(H,27,28)/b8-5+. The van der Waals surface area contributed by atoms with Crippen molar-refractivity contribution in [2.75, 3.05) is 53.1 Å². The van der Waals surface area contributed by atoms with Gasteiger partial charge in [0, 0.05) is 51.9 Å². The average molecular weight is 439 g/mol. The van der Waals surface area contributed by atoms with E-state index in [0.717, 1.165) is 55.6 Å². The second-order valence-corrected chi connectivity index (χ2v) is 7.99. The van der Waals surface area contributed by atoms with Gasteiger partial charge in [0.15, 0.2) is 12.8 Å². The molecule has 0 bridgehead atoms. The van der Waals surface area contributed by atoms with E-state index in [1.807, 2.05) is 13.1 Å². The van der Waals surface area contributed by atoms with Gasteiger partial charge < -0.3 is 19.7 Å². The minimum atomic E-state index is -0.255. The molecule has 2 heterocycles. The Kier molecular flexibility index (Phi) is 7.74. The summed E-state index contributed by atoms with van der Waals surface area (Å²) in [6.07, 6.45) is 5.06. The van der Waals surface area contributed by atoms with Crippen LogP contribution in [0.5, 0.6) is 5.75 Å². The van der Waals surface area contributed by atoms with Gasteiger partial charge in [0.25, 0.3) is 0 Å². The van der Waals surface area contributed by atoms with Crippen molar-refractivity contribution in [2.45, 2.75) is 13.0 Å². The van der Waals surface area contributed by atoms with E-state index < -0.39 is 0 Å². The van der Waals surface area contributed by atoms with Crippen molar-refractivity contribution < 1.29 is 13.9 Å². The molecule has 4 rings (SSSR count). The Morgan fingerprint density at radius 3 is 2.75 bits per heavy atom. The van der Waals surface area contributed by atoms with Crippen LogP contribution in [-0.2, 0) is 17.8 Å². The number of aliphatic imine (C=N–C) groups is 1. The van der Waals surface area contributed by atoms with Crippen molar-refractivity contribution in [1.82, 2.24) is 15.1 Å². The Morgan fingerprint density at radius 1 is 1.16 bits per heavy atom. The monoisotopic (exact) mass is 438 g/mol. The van der Waals surface area contributed by atoms with Crippen molar-refractivity contribution in [2.24, 2.45) is 4.99 Å². The maximum Gasteiger partial charge on any atom is 0.193 e. The Hall–Kier alpha value is -2.90. The van der Waals surface area contributed by atoms with Crippen molar-refractivity contribution >= 4 is 12.0 Å². The summed E-state index contributed by atoms with van der Waals surface area (Å²) in [5.41, 5.74) is 2.86. The molecule has 170 valence electrons. The molecule has 1 saturated heterocycles. The van der Waals surface area contributed by atoms with Crippen LogP contribution in [0, 0.1) is 5.82 Å². The van der Waals surface area contributed by atoms with Crippen molar-refractivity contribution in [3.63, 3.8) is 0 Å². The molecule has 32 heavy (non-hydrogen) atoms. The summed E-state index contributed by atoms with van der Waals surface area (Å²) < 4.78 is 24.8. The highest BCUT2D eigenvalue weighted by atomic mass is 19.1. The second kappa shape index (κ2) is 11.1. The third-order valence-electron chi connectivity index (χ3n) is 5.79. The van der Waals surface area contributed by atoms with Crippen LogP contribution in [0.2, 0.25) is 0 Å². The molecule has 0 aromatic heterocycles. The van der Waals surface area contributed by atoms with E-state index in [1.54, 1.807) is 6.07 Å². The average Bonchev–Trinajstić information content (AvgIpc) is 2.83. The summed E-state index contributed by atoms with van der Waals surface area (Å²) >= 11 is 0. The number of rotatable bonds is 6. The van der Waals surface area contributed by atoms with Crippen LogP contribution in [0.4, 0.5) is 4.39 Å². The van der Waals surface area contributed by atoms with Crippen LogP contribution in [0.25, 0.3) is 6.08 Å². The molecule has 6 nitrogen and oxygen atoms in total. The van der Waals surface area contributed by atoms with Crippen molar-refractivity contribution in [3.8, 4) is 5.75 Å². The molecule has 0 aliphatic carbocycles. The summed E-state index contributed by atoms with van der Waals surface area (Å²) in [6.45, 7) is 6.04. The van der Waals surface area contributed by atoms with Crippen LogP contribution in [-0.4, -0.2) is 68.9 Å². The number of nitrogens with one attached hydrogen (secondary N) is 1. The zero-order chi connectivity index (χ0) is 22.2. The summed E-state index contributed by atoms with van der Waals surface area (Å²) in [5, 5.41) is 3.43. The van der Waals surface area contributed by atoms with Gasteiger partial charge in [0.2, 0.25) is 0 Å². The number of guanidine groups is 1. The molecule has 2 aromatic rings. The molecule has 7 heteroatoms. The molecule has 2 aliphatic heterocycles. The normalized spacial score (nSPS) is 17.3. The van der Waals surface area contributed by atoms with Crippen molar-refractivity contribution in [1.29, 1.82) is 0 Å². The Balaban J connectivity index is 1.23. The van der Waals surface area contributed by atoms with Gasteiger partial charge in [0.1, 0.15) is 11.6 Å². The van der Waals surface area contributed by atoms with Gasteiger partial charge in [-0.25, -0.2) is 4.39 Å². The third kappa shape index (κ3) is 5.87. The van der Waals surface area contributed by atoms with Crippen LogP contribution >= 0.6 is 0 Å². The molecule has 1 fully saturated rings. The summed E-state index contributed by atoms with van der Waals surface area (Å²) in [5.74, 6) is 1.39. The number of hydrogen-bond donors (Lipinski definition) is 1. The Bertz CT molecular complexity index is 940. The fourth-order valence-corrected chi connectivity index (χ4v) is 4.13. The maximum atomic E-state index is 13.9. The van der Waals surface area contributed by atoms with E-state index in [-0.39, 0.29) is 12.6 Å². The molecule has 1 N–H and O–H groups in total. The zero-order valence-electron chi connectivity index (χ0n) is 18.6. The Labute approximate surface area is 189 Å². The van der Waals surface area contributed by atoms with Gasteiger partial charge >= 0.3 is 0 Å². The largest absolute Gasteiger partial charge is 0.467 e. The highest BCUT2D eigenvalue weighted by Gasteiger charge is 2.20. The van der Waals surface area contributed by atoms with Crippen molar-refractivity contribution in [3.05, 3.63) is 71.0 Å². The van der Waals surface area contributed by atoms with E-state index in [1.165, 1.54) is 11.6 Å². The molecule has 0 spiro atoms. The zero-order valence-corrected chi connectivity index (χ0v) is 18.6. The highest BCUT2D eigenvalue weighted by Crippen LogP contribution is 2.29. The molecule has 0 radical (unpaired) electrons. The van der Waals surface area contributed by atoms with Crippen LogP contribution in [0.3, 0.4) is 0 Å². The summed E-state index contributed by atoms with van der Waals surface area (Å²) in [7, 11) is 1.81. The first kappa shape index (κ1) is 22.3. The number of benzene rings is 2. The predicted molar refractivity (Wildman–Crippen MR) is 125 cm³/mol. The molecular formula is C25H31FN4O2. The Morgan fingerprint density at radius 2 is 1.97 bits per heavy atom. The van der Waals surface area contributed by atoms with Gasteiger partial charge in [-0.2, -0.15) is 0 Å². The molecule has 0 unspecified atom stereocenters. The lowest BCUT2D eigenvalue weighted by Crippen LogP contribution is -2.52. The molecule has 2 aliphatic rings. The number of ether oxygens (including phenoxy) is 2. The van der Waals surface area contributed by atoms with E-state index in [4.69, 9.17) is 9.47 Å². The quantitative estimate of drug-likeness (QED) is 0.555. The number of nitrogens with zero attached hydrogens (tertiary/aromatic N) is 3. The van der Waals surface area contributed by atoms with E-state index in [9.17, 15) is 4.39 Å². The third-order valence-corrected chi connectivity index (χ3v) is 5.79. The number of fused-ring (bicyclic) bond motifs is 1. The predicted octanol–water partition coefficient (Wildman–Crippen LogP) is 3.14. The fourth-order valence-electron chi connectivity index (χ4n) is 4.13. The van der Waals surface area contributed by atoms with Gasteiger partial charge in [-0.1, -0.05) is 42.5 Å². The summed E-state index contributed by atoms with van der Waals surface area (Å²) in [4.78, 5) is 9.18. The highest BCUT2D eigenvalue weighted by molar-refractivity contribution is 5.80. The smallest absolute Gasteiger partial charge is 0.193 e. The van der Waals surface area contributed by atoms with Gasteiger partial charge in [-0.3, -0.25) is 9.89 Å². The lowest BCUT2D eigenvalue weighted by molar-refractivity contribution is -0.0172. The molecular weight excluding hydrogens is 407 g/mol. The topological polar surface area (TPSA) is 49.3 Å². The second-order valence-electron chi connectivity index (χ2n) is 7.99. The number of piperazine rings is 1. The number of halogens is 1. The van der Waals surface area contributed by atoms with Gasteiger partial charge in [-0.15, -0.1) is 0 Å². The number of hydrogen-bond acceptors (Lipinski definition) is 4. The lowest BCUT2D eigenvalue weighted by atomic mass is 10.1.